The Labute approximate surface area is 120 Å². The van der Waals surface area contributed by atoms with Crippen molar-refractivity contribution < 1.29 is 9.50 Å². The van der Waals surface area contributed by atoms with Crippen LogP contribution in [0.2, 0.25) is 0 Å². The monoisotopic (exact) mass is 364 g/mol. The quantitative estimate of drug-likeness (QED) is 0.641. The van der Waals surface area contributed by atoms with Crippen LogP contribution in [0.1, 0.15) is 25.7 Å². The normalized spacial score (nSPS) is 18.0. The molecule has 1 aliphatic rings. The highest BCUT2D eigenvalue weighted by Gasteiger charge is 2.32. The molecule has 0 spiro atoms. The van der Waals surface area contributed by atoms with E-state index in [0.29, 0.717) is 21.5 Å². The fourth-order valence-electron chi connectivity index (χ4n) is 2.60. The van der Waals surface area contributed by atoms with Gasteiger partial charge >= 0.3 is 0 Å². The maximum atomic E-state index is 13.6. The summed E-state index contributed by atoms with van der Waals surface area (Å²) in [7, 11) is 1.84. The third-order valence-electron chi connectivity index (χ3n) is 3.55. The van der Waals surface area contributed by atoms with E-state index in [9.17, 15) is 9.50 Å². The molecule has 0 amide bonds. The number of rotatable bonds is 3. The highest BCUT2D eigenvalue weighted by Crippen LogP contribution is 2.33. The minimum absolute atomic E-state index is 0.273. The van der Waals surface area contributed by atoms with Gasteiger partial charge in [0.15, 0.2) is 0 Å². The van der Waals surface area contributed by atoms with Crippen LogP contribution >= 0.6 is 22.6 Å². The molecule has 0 saturated heterocycles. The Morgan fingerprint density at radius 2 is 2.06 bits per heavy atom. The minimum atomic E-state index is -0.652. The van der Waals surface area contributed by atoms with Crippen LogP contribution in [0.3, 0.4) is 0 Å². The van der Waals surface area contributed by atoms with Crippen LogP contribution in [0.4, 0.5) is 15.8 Å². The van der Waals surface area contributed by atoms with E-state index in [1.54, 1.807) is 6.07 Å². The first-order valence-electron chi connectivity index (χ1n) is 6.09. The summed E-state index contributed by atoms with van der Waals surface area (Å²) in [5, 5.41) is 10.4. The molecule has 5 heteroatoms. The van der Waals surface area contributed by atoms with Crippen LogP contribution in [0.5, 0.6) is 0 Å². The van der Waals surface area contributed by atoms with E-state index in [2.05, 4.69) is 0 Å². The van der Waals surface area contributed by atoms with Crippen molar-refractivity contribution in [1.82, 2.24) is 0 Å². The number of hydrogen-bond acceptors (Lipinski definition) is 3. The topological polar surface area (TPSA) is 49.5 Å². The van der Waals surface area contributed by atoms with E-state index >= 15 is 0 Å². The molecule has 0 atom stereocenters. The van der Waals surface area contributed by atoms with Gasteiger partial charge in [-0.2, -0.15) is 0 Å². The second-order valence-electron chi connectivity index (χ2n) is 5.11. The van der Waals surface area contributed by atoms with Crippen LogP contribution < -0.4 is 10.6 Å². The number of nitrogens with two attached hydrogens (primary N) is 1. The van der Waals surface area contributed by atoms with Gasteiger partial charge in [0.2, 0.25) is 0 Å². The second-order valence-corrected chi connectivity index (χ2v) is 6.27. The van der Waals surface area contributed by atoms with E-state index in [4.69, 9.17) is 5.73 Å². The molecule has 0 bridgehead atoms. The number of anilines is 2. The fraction of sp³-hybridized carbons (Fsp3) is 0.538. The lowest BCUT2D eigenvalue weighted by atomic mass is 10.0. The van der Waals surface area contributed by atoms with E-state index in [-0.39, 0.29) is 5.82 Å². The minimum Gasteiger partial charge on any atom is -0.397 e. The zero-order chi connectivity index (χ0) is 13.3. The van der Waals surface area contributed by atoms with Crippen molar-refractivity contribution in [2.45, 2.75) is 31.3 Å². The van der Waals surface area contributed by atoms with E-state index < -0.39 is 5.60 Å². The Morgan fingerprint density at radius 1 is 1.44 bits per heavy atom. The molecule has 0 unspecified atom stereocenters. The smallest absolute Gasteiger partial charge is 0.138 e. The van der Waals surface area contributed by atoms with Crippen LogP contribution in [-0.2, 0) is 0 Å². The summed E-state index contributed by atoms with van der Waals surface area (Å²) in [6.45, 7) is 0.497. The SMILES string of the molecule is CN(CC1(O)CCCC1)c1cc(F)c(I)cc1N. The lowest BCUT2D eigenvalue weighted by molar-refractivity contribution is 0.0559. The van der Waals surface area contributed by atoms with Gasteiger partial charge in [-0.25, -0.2) is 4.39 Å². The summed E-state index contributed by atoms with van der Waals surface area (Å²) >= 11 is 1.92. The first-order chi connectivity index (χ1) is 8.41. The number of nitrogens with zero attached hydrogens (tertiary/aromatic N) is 1. The average Bonchev–Trinajstić information content (AvgIpc) is 2.70. The summed E-state index contributed by atoms with van der Waals surface area (Å²) in [4.78, 5) is 1.85. The number of nitrogen functional groups attached to an aromatic ring is 1. The molecule has 0 aliphatic heterocycles. The van der Waals surface area contributed by atoms with Gasteiger partial charge in [-0.1, -0.05) is 12.8 Å². The molecular weight excluding hydrogens is 346 g/mol. The molecule has 3 N–H and O–H groups in total. The molecule has 1 fully saturated rings. The standard InChI is InChI=1S/C13H18FIN2O/c1-17(8-13(18)4-2-3-5-13)12-6-9(14)10(15)7-11(12)16/h6-7,18H,2-5,8,16H2,1H3. The summed E-state index contributed by atoms with van der Waals surface area (Å²) in [6.07, 6.45) is 3.73. The number of benzene rings is 1. The Balaban J connectivity index is 2.18. The van der Waals surface area contributed by atoms with Crippen molar-refractivity contribution in [2.24, 2.45) is 0 Å². The Bertz CT molecular complexity index is 447. The molecule has 0 radical (unpaired) electrons. The fourth-order valence-corrected chi connectivity index (χ4v) is 3.09. The van der Waals surface area contributed by atoms with Gasteiger partial charge in [0.1, 0.15) is 5.82 Å². The Kier molecular flexibility index (Phi) is 4.01. The van der Waals surface area contributed by atoms with Gasteiger partial charge in [0.25, 0.3) is 0 Å². The number of halogens is 2. The van der Waals surface area contributed by atoms with Gasteiger partial charge in [-0.15, -0.1) is 0 Å². The number of hydrogen-bond donors (Lipinski definition) is 2. The molecule has 3 nitrogen and oxygen atoms in total. The predicted molar refractivity (Wildman–Crippen MR) is 80.2 cm³/mol. The van der Waals surface area contributed by atoms with E-state index in [1.165, 1.54) is 6.07 Å². The lowest BCUT2D eigenvalue weighted by Gasteiger charge is -2.30. The first kappa shape index (κ1) is 13.9. The molecule has 0 aromatic heterocycles. The van der Waals surface area contributed by atoms with Crippen molar-refractivity contribution in [3.05, 3.63) is 21.5 Å². The first-order valence-corrected chi connectivity index (χ1v) is 7.17. The highest BCUT2D eigenvalue weighted by molar-refractivity contribution is 14.1. The lowest BCUT2D eigenvalue weighted by Crippen LogP contribution is -2.39. The van der Waals surface area contributed by atoms with Crippen molar-refractivity contribution >= 4 is 34.0 Å². The van der Waals surface area contributed by atoms with Gasteiger partial charge in [-0.05, 0) is 41.5 Å². The molecule has 1 aromatic rings. The molecule has 0 heterocycles. The van der Waals surface area contributed by atoms with Crippen molar-refractivity contribution in [2.75, 3.05) is 24.2 Å². The van der Waals surface area contributed by atoms with Gasteiger partial charge in [0, 0.05) is 19.7 Å². The van der Waals surface area contributed by atoms with Crippen LogP contribution in [-0.4, -0.2) is 24.3 Å². The maximum Gasteiger partial charge on any atom is 0.138 e. The van der Waals surface area contributed by atoms with Gasteiger partial charge in [-0.3, -0.25) is 0 Å². The molecule has 100 valence electrons. The molecular formula is C13H18FIN2O. The molecule has 1 aromatic carbocycles. The summed E-state index contributed by atoms with van der Waals surface area (Å²) in [5.74, 6) is -0.273. The highest BCUT2D eigenvalue weighted by atomic mass is 127. The zero-order valence-corrected chi connectivity index (χ0v) is 12.6. The summed E-state index contributed by atoms with van der Waals surface area (Å²) < 4.78 is 14.1. The van der Waals surface area contributed by atoms with Crippen molar-refractivity contribution in [3.8, 4) is 0 Å². The van der Waals surface area contributed by atoms with E-state index in [1.807, 2.05) is 34.5 Å². The van der Waals surface area contributed by atoms with Crippen LogP contribution in [0.15, 0.2) is 12.1 Å². The summed E-state index contributed by atoms with van der Waals surface area (Å²) in [6, 6.07) is 3.07. The number of aliphatic hydroxyl groups is 1. The third kappa shape index (κ3) is 2.88. The molecule has 1 saturated carbocycles. The second kappa shape index (κ2) is 5.21. The van der Waals surface area contributed by atoms with Gasteiger partial charge in [0.05, 0.1) is 20.5 Å². The Morgan fingerprint density at radius 3 is 2.67 bits per heavy atom. The Hall–Kier alpha value is -0.560. The summed E-state index contributed by atoms with van der Waals surface area (Å²) in [5.41, 5.74) is 6.45. The number of likely N-dealkylation sites (N-methyl/N-ethyl adjacent to an activating group) is 1. The van der Waals surface area contributed by atoms with E-state index in [0.717, 1.165) is 25.7 Å². The molecule has 2 rings (SSSR count). The maximum absolute atomic E-state index is 13.6. The molecule has 1 aliphatic carbocycles. The molecule has 18 heavy (non-hydrogen) atoms. The zero-order valence-electron chi connectivity index (χ0n) is 10.4. The third-order valence-corrected chi connectivity index (χ3v) is 4.37. The van der Waals surface area contributed by atoms with Crippen LogP contribution in [0.25, 0.3) is 0 Å². The predicted octanol–water partition coefficient (Wildman–Crippen LogP) is 2.75. The van der Waals surface area contributed by atoms with Crippen molar-refractivity contribution in [1.29, 1.82) is 0 Å². The van der Waals surface area contributed by atoms with Crippen molar-refractivity contribution in [3.63, 3.8) is 0 Å². The van der Waals surface area contributed by atoms with Gasteiger partial charge < -0.3 is 15.7 Å². The van der Waals surface area contributed by atoms with Crippen LogP contribution in [0, 0.1) is 9.39 Å². The largest absolute Gasteiger partial charge is 0.397 e. The average molecular weight is 364 g/mol.